The van der Waals surface area contributed by atoms with Crippen LogP contribution in [-0.4, -0.2) is 52.6 Å². The first kappa shape index (κ1) is 17.3. The molecule has 3 rings (SSSR count). The van der Waals surface area contributed by atoms with Gasteiger partial charge in [-0.1, -0.05) is 0 Å². The second-order valence-corrected chi connectivity index (χ2v) is 6.93. The van der Waals surface area contributed by atoms with Gasteiger partial charge in [-0.15, -0.1) is 11.3 Å². The van der Waals surface area contributed by atoms with E-state index in [1.807, 2.05) is 26.1 Å². The SMILES string of the molecule is CCO[C@H](C)c1nc(CN2CCN(c3nccc(C)n3)CC2)cs1. The van der Waals surface area contributed by atoms with E-state index in [0.29, 0.717) is 0 Å². The van der Waals surface area contributed by atoms with Crippen LogP contribution in [-0.2, 0) is 11.3 Å². The first-order valence-corrected chi connectivity index (χ1v) is 9.36. The normalized spacial score (nSPS) is 17.2. The van der Waals surface area contributed by atoms with E-state index in [1.165, 1.54) is 0 Å². The van der Waals surface area contributed by atoms with E-state index < -0.39 is 0 Å². The molecule has 2 aromatic heterocycles. The molecule has 0 unspecified atom stereocenters. The summed E-state index contributed by atoms with van der Waals surface area (Å²) in [5.74, 6) is 0.844. The summed E-state index contributed by atoms with van der Waals surface area (Å²) in [7, 11) is 0. The highest BCUT2D eigenvalue weighted by Gasteiger charge is 2.20. The lowest BCUT2D eigenvalue weighted by molar-refractivity contribution is 0.0760. The molecule has 0 radical (unpaired) electrons. The van der Waals surface area contributed by atoms with Crippen LogP contribution in [0.3, 0.4) is 0 Å². The number of rotatable bonds is 6. The topological polar surface area (TPSA) is 54.4 Å². The van der Waals surface area contributed by atoms with Crippen LogP contribution in [0.2, 0.25) is 0 Å². The molecule has 24 heavy (non-hydrogen) atoms. The standard InChI is InChI=1S/C17H25N5OS/c1-4-23-14(3)16-20-15(12-24-16)11-21-7-9-22(10-8-21)17-18-6-5-13(2)19-17/h5-6,12,14H,4,7-11H2,1-3H3/t14-/m1/s1. The minimum atomic E-state index is 0.0871. The fraction of sp³-hybridized carbons (Fsp3) is 0.588. The Morgan fingerprint density at radius 2 is 2.04 bits per heavy atom. The largest absolute Gasteiger partial charge is 0.372 e. The van der Waals surface area contributed by atoms with E-state index in [4.69, 9.17) is 9.72 Å². The zero-order valence-electron chi connectivity index (χ0n) is 14.6. The van der Waals surface area contributed by atoms with Gasteiger partial charge in [0.1, 0.15) is 11.1 Å². The Hall–Kier alpha value is -1.57. The molecule has 6 nitrogen and oxygen atoms in total. The van der Waals surface area contributed by atoms with Gasteiger partial charge in [0.25, 0.3) is 0 Å². The first-order chi connectivity index (χ1) is 11.7. The molecule has 0 amide bonds. The molecular weight excluding hydrogens is 322 g/mol. The molecule has 1 atom stereocenters. The third-order valence-electron chi connectivity index (χ3n) is 4.16. The predicted octanol–water partition coefficient (Wildman–Crippen LogP) is 2.66. The lowest BCUT2D eigenvalue weighted by Crippen LogP contribution is -2.46. The van der Waals surface area contributed by atoms with Crippen LogP contribution < -0.4 is 4.90 Å². The molecule has 1 saturated heterocycles. The van der Waals surface area contributed by atoms with E-state index in [9.17, 15) is 0 Å². The maximum absolute atomic E-state index is 5.62. The van der Waals surface area contributed by atoms with Crippen molar-refractivity contribution in [2.75, 3.05) is 37.7 Å². The number of anilines is 1. The summed E-state index contributed by atoms with van der Waals surface area (Å²) in [6.07, 6.45) is 1.92. The summed E-state index contributed by atoms with van der Waals surface area (Å²) in [5.41, 5.74) is 2.16. The number of ether oxygens (including phenoxy) is 1. The van der Waals surface area contributed by atoms with Crippen LogP contribution in [0.5, 0.6) is 0 Å². The monoisotopic (exact) mass is 347 g/mol. The van der Waals surface area contributed by atoms with Crippen molar-refractivity contribution >= 4 is 17.3 Å². The molecule has 7 heteroatoms. The summed E-state index contributed by atoms with van der Waals surface area (Å²) in [6, 6.07) is 1.93. The second kappa shape index (κ2) is 8.00. The quantitative estimate of drug-likeness (QED) is 0.801. The Kier molecular flexibility index (Phi) is 5.76. The molecule has 1 aliphatic heterocycles. The molecule has 0 saturated carbocycles. The van der Waals surface area contributed by atoms with Crippen LogP contribution in [0, 0.1) is 6.92 Å². The lowest BCUT2D eigenvalue weighted by Gasteiger charge is -2.34. The average molecular weight is 347 g/mol. The van der Waals surface area contributed by atoms with Gasteiger partial charge >= 0.3 is 0 Å². The minimum Gasteiger partial charge on any atom is -0.372 e. The van der Waals surface area contributed by atoms with E-state index in [0.717, 1.165) is 61.7 Å². The van der Waals surface area contributed by atoms with Gasteiger partial charge in [0.2, 0.25) is 5.95 Å². The second-order valence-electron chi connectivity index (χ2n) is 6.04. The van der Waals surface area contributed by atoms with Crippen molar-refractivity contribution in [3.05, 3.63) is 34.0 Å². The van der Waals surface area contributed by atoms with Crippen molar-refractivity contribution in [2.24, 2.45) is 0 Å². The van der Waals surface area contributed by atoms with Crippen LogP contribution in [0.15, 0.2) is 17.6 Å². The van der Waals surface area contributed by atoms with E-state index in [-0.39, 0.29) is 6.10 Å². The highest BCUT2D eigenvalue weighted by atomic mass is 32.1. The van der Waals surface area contributed by atoms with Gasteiger partial charge in [0.05, 0.1) is 5.69 Å². The predicted molar refractivity (Wildman–Crippen MR) is 96.4 cm³/mol. The average Bonchev–Trinajstić information content (AvgIpc) is 3.04. The molecule has 0 bridgehead atoms. The summed E-state index contributed by atoms with van der Waals surface area (Å²) < 4.78 is 5.62. The van der Waals surface area contributed by atoms with Crippen molar-refractivity contribution in [2.45, 2.75) is 33.4 Å². The molecule has 130 valence electrons. The number of aromatic nitrogens is 3. The Morgan fingerprint density at radius 1 is 1.25 bits per heavy atom. The molecule has 3 heterocycles. The van der Waals surface area contributed by atoms with Crippen molar-refractivity contribution in [3.8, 4) is 0 Å². The van der Waals surface area contributed by atoms with Crippen molar-refractivity contribution in [1.82, 2.24) is 19.9 Å². The van der Waals surface area contributed by atoms with Crippen LogP contribution in [0.1, 0.15) is 36.3 Å². The van der Waals surface area contributed by atoms with Crippen molar-refractivity contribution < 1.29 is 4.74 Å². The molecule has 1 fully saturated rings. The summed E-state index contributed by atoms with van der Waals surface area (Å²) in [6.45, 7) is 11.6. The zero-order valence-corrected chi connectivity index (χ0v) is 15.4. The fourth-order valence-electron chi connectivity index (χ4n) is 2.83. The zero-order chi connectivity index (χ0) is 16.9. The van der Waals surface area contributed by atoms with Gasteiger partial charge in [-0.25, -0.2) is 15.0 Å². The van der Waals surface area contributed by atoms with Gasteiger partial charge < -0.3 is 9.64 Å². The van der Waals surface area contributed by atoms with E-state index in [2.05, 4.69) is 32.1 Å². The van der Waals surface area contributed by atoms with Crippen LogP contribution >= 0.6 is 11.3 Å². The van der Waals surface area contributed by atoms with Gasteiger partial charge in [-0.3, -0.25) is 4.90 Å². The molecule has 0 aliphatic carbocycles. The maximum atomic E-state index is 5.62. The summed E-state index contributed by atoms with van der Waals surface area (Å²) in [5, 5.41) is 3.22. The van der Waals surface area contributed by atoms with Crippen LogP contribution in [0.4, 0.5) is 5.95 Å². The molecule has 1 aliphatic rings. The number of hydrogen-bond donors (Lipinski definition) is 0. The molecule has 2 aromatic rings. The van der Waals surface area contributed by atoms with E-state index in [1.54, 1.807) is 11.3 Å². The molecule has 0 N–H and O–H groups in total. The lowest BCUT2D eigenvalue weighted by atomic mass is 10.3. The van der Waals surface area contributed by atoms with E-state index >= 15 is 0 Å². The third-order valence-corrected chi connectivity index (χ3v) is 5.21. The van der Waals surface area contributed by atoms with Crippen LogP contribution in [0.25, 0.3) is 0 Å². The van der Waals surface area contributed by atoms with Gasteiger partial charge in [0, 0.05) is 56.6 Å². The Bertz CT molecular complexity index is 654. The summed E-state index contributed by atoms with van der Waals surface area (Å²) >= 11 is 1.69. The molecular formula is C17H25N5OS. The maximum Gasteiger partial charge on any atom is 0.225 e. The highest BCUT2D eigenvalue weighted by Crippen LogP contribution is 2.22. The Labute approximate surface area is 147 Å². The molecule has 0 aromatic carbocycles. The van der Waals surface area contributed by atoms with Gasteiger partial charge in [-0.05, 0) is 26.8 Å². The van der Waals surface area contributed by atoms with Crippen molar-refractivity contribution in [3.63, 3.8) is 0 Å². The number of nitrogens with zero attached hydrogens (tertiary/aromatic N) is 5. The Balaban J connectivity index is 1.52. The fourth-order valence-corrected chi connectivity index (χ4v) is 3.64. The van der Waals surface area contributed by atoms with Gasteiger partial charge in [-0.2, -0.15) is 0 Å². The first-order valence-electron chi connectivity index (χ1n) is 8.48. The summed E-state index contributed by atoms with van der Waals surface area (Å²) in [4.78, 5) is 18.3. The molecule has 0 spiro atoms. The number of piperazine rings is 1. The highest BCUT2D eigenvalue weighted by molar-refractivity contribution is 7.09. The third kappa shape index (κ3) is 4.28. The van der Waals surface area contributed by atoms with Crippen molar-refractivity contribution in [1.29, 1.82) is 0 Å². The Morgan fingerprint density at radius 3 is 2.75 bits per heavy atom. The van der Waals surface area contributed by atoms with Gasteiger partial charge in [0.15, 0.2) is 0 Å². The number of thiazole rings is 1. The number of aryl methyl sites for hydroxylation is 1. The smallest absolute Gasteiger partial charge is 0.225 e. The number of hydrogen-bond acceptors (Lipinski definition) is 7. The minimum absolute atomic E-state index is 0.0871.